The van der Waals surface area contributed by atoms with Gasteiger partial charge in [0.1, 0.15) is 6.54 Å². The highest BCUT2D eigenvalue weighted by Crippen LogP contribution is 2.22. The first kappa shape index (κ1) is 20.1. The molecule has 1 atom stereocenters. The van der Waals surface area contributed by atoms with Crippen LogP contribution in [0.2, 0.25) is 0 Å². The maximum absolute atomic E-state index is 12.8. The number of nitrogens with zero attached hydrogens (tertiary/aromatic N) is 2. The first-order chi connectivity index (χ1) is 13.5. The van der Waals surface area contributed by atoms with Crippen LogP contribution in [0.25, 0.3) is 10.9 Å². The number of para-hydroxylation sites is 1. The molecule has 0 bridgehead atoms. The van der Waals surface area contributed by atoms with Gasteiger partial charge in [-0.15, -0.1) is 0 Å². The van der Waals surface area contributed by atoms with Gasteiger partial charge in [0.2, 0.25) is 5.91 Å². The number of Topliss-reactive ketones (excluding diaryl/α,β-unsaturated/α-hetero) is 1. The Labute approximate surface area is 165 Å². The van der Waals surface area contributed by atoms with Crippen LogP contribution in [0.5, 0.6) is 0 Å². The summed E-state index contributed by atoms with van der Waals surface area (Å²) >= 11 is 0. The first-order valence-corrected chi connectivity index (χ1v) is 10.2. The molecule has 1 aromatic heterocycles. The minimum Gasteiger partial charge on any atom is -0.347 e. The van der Waals surface area contributed by atoms with Crippen molar-refractivity contribution in [2.75, 3.05) is 13.1 Å². The molecule has 6 nitrogen and oxygen atoms in total. The van der Waals surface area contributed by atoms with E-state index in [9.17, 15) is 14.4 Å². The van der Waals surface area contributed by atoms with E-state index in [1.54, 1.807) is 10.8 Å². The van der Waals surface area contributed by atoms with Crippen molar-refractivity contribution < 1.29 is 14.4 Å². The van der Waals surface area contributed by atoms with Crippen LogP contribution in [0, 0.1) is 0 Å². The topological polar surface area (TPSA) is 71.4 Å². The van der Waals surface area contributed by atoms with Crippen LogP contribution in [-0.2, 0) is 16.1 Å². The molecule has 0 spiro atoms. The number of rotatable bonds is 6. The van der Waals surface area contributed by atoms with Gasteiger partial charge in [-0.2, -0.15) is 0 Å². The van der Waals surface area contributed by atoms with Crippen molar-refractivity contribution in [2.45, 2.75) is 58.5 Å². The second kappa shape index (κ2) is 9.04. The highest BCUT2D eigenvalue weighted by molar-refractivity contribution is 6.45. The fourth-order valence-electron chi connectivity index (χ4n) is 3.64. The molecule has 6 heteroatoms. The summed E-state index contributed by atoms with van der Waals surface area (Å²) in [6, 6.07) is 7.37. The van der Waals surface area contributed by atoms with E-state index in [2.05, 4.69) is 5.32 Å². The molecular weight excluding hydrogens is 354 g/mol. The lowest BCUT2D eigenvalue weighted by Crippen LogP contribution is -2.37. The first-order valence-electron chi connectivity index (χ1n) is 10.2. The molecule has 150 valence electrons. The normalized spacial score (nSPS) is 15.9. The fourth-order valence-corrected chi connectivity index (χ4v) is 3.64. The van der Waals surface area contributed by atoms with Crippen molar-refractivity contribution in [3.8, 4) is 0 Å². The average molecular weight is 383 g/mol. The van der Waals surface area contributed by atoms with Gasteiger partial charge < -0.3 is 14.8 Å². The molecular formula is C22H29N3O3. The zero-order valence-electron chi connectivity index (χ0n) is 16.7. The number of hydrogen-bond donors (Lipinski definition) is 1. The Hall–Kier alpha value is -2.63. The van der Waals surface area contributed by atoms with E-state index in [-0.39, 0.29) is 18.5 Å². The number of carbonyl (C=O) groups excluding carboxylic acids is 3. The van der Waals surface area contributed by atoms with Gasteiger partial charge in [0.05, 0.1) is 5.56 Å². The largest absolute Gasteiger partial charge is 0.347 e. The SMILES string of the molecule is CCC(C)NC(=O)C(=O)c1cn(CC(=O)N2CCCCCC2)c2ccccc12. The van der Waals surface area contributed by atoms with E-state index in [4.69, 9.17) is 0 Å². The van der Waals surface area contributed by atoms with E-state index in [0.29, 0.717) is 10.9 Å². The van der Waals surface area contributed by atoms with Gasteiger partial charge in [0.15, 0.2) is 0 Å². The summed E-state index contributed by atoms with van der Waals surface area (Å²) in [5.41, 5.74) is 1.14. The molecule has 2 heterocycles. The third kappa shape index (κ3) is 4.43. The van der Waals surface area contributed by atoms with Crippen molar-refractivity contribution in [3.05, 3.63) is 36.0 Å². The number of carbonyl (C=O) groups is 3. The Morgan fingerprint density at radius 1 is 1.07 bits per heavy atom. The molecule has 1 aliphatic rings. The minimum absolute atomic E-state index is 0.0607. The molecule has 1 saturated heterocycles. The third-order valence-corrected chi connectivity index (χ3v) is 5.49. The quantitative estimate of drug-likeness (QED) is 0.615. The molecule has 1 fully saturated rings. The predicted octanol–water partition coefficient (Wildman–Crippen LogP) is 3.14. The second-order valence-electron chi connectivity index (χ2n) is 7.59. The smallest absolute Gasteiger partial charge is 0.292 e. The zero-order valence-corrected chi connectivity index (χ0v) is 16.7. The summed E-state index contributed by atoms with van der Waals surface area (Å²) in [7, 11) is 0. The van der Waals surface area contributed by atoms with E-state index in [1.165, 1.54) is 12.8 Å². The van der Waals surface area contributed by atoms with Crippen LogP contribution in [0.4, 0.5) is 0 Å². The molecule has 0 radical (unpaired) electrons. The molecule has 2 amide bonds. The van der Waals surface area contributed by atoms with Crippen LogP contribution < -0.4 is 5.32 Å². The van der Waals surface area contributed by atoms with Crippen LogP contribution in [0.3, 0.4) is 0 Å². The Balaban J connectivity index is 1.85. The summed E-state index contributed by atoms with van der Waals surface area (Å²) in [5.74, 6) is -1.10. The fraction of sp³-hybridized carbons (Fsp3) is 0.500. The van der Waals surface area contributed by atoms with Crippen molar-refractivity contribution in [1.82, 2.24) is 14.8 Å². The number of aromatic nitrogens is 1. The Morgan fingerprint density at radius 2 is 1.75 bits per heavy atom. The van der Waals surface area contributed by atoms with Crippen LogP contribution in [0.1, 0.15) is 56.3 Å². The van der Waals surface area contributed by atoms with Crippen LogP contribution >= 0.6 is 0 Å². The molecule has 1 aromatic carbocycles. The molecule has 3 rings (SSSR count). The third-order valence-electron chi connectivity index (χ3n) is 5.49. The Kier molecular flexibility index (Phi) is 6.49. The summed E-state index contributed by atoms with van der Waals surface area (Å²) < 4.78 is 1.80. The Morgan fingerprint density at radius 3 is 2.43 bits per heavy atom. The summed E-state index contributed by atoms with van der Waals surface area (Å²) in [5, 5.41) is 3.43. The highest BCUT2D eigenvalue weighted by Gasteiger charge is 2.24. The van der Waals surface area contributed by atoms with Gasteiger partial charge in [0.25, 0.3) is 11.7 Å². The van der Waals surface area contributed by atoms with E-state index in [0.717, 1.165) is 37.9 Å². The predicted molar refractivity (Wildman–Crippen MR) is 109 cm³/mol. The number of nitrogens with one attached hydrogen (secondary N) is 1. The number of hydrogen-bond acceptors (Lipinski definition) is 3. The molecule has 0 saturated carbocycles. The monoisotopic (exact) mass is 383 g/mol. The van der Waals surface area contributed by atoms with Gasteiger partial charge in [-0.05, 0) is 32.3 Å². The molecule has 1 aliphatic heterocycles. The Bertz CT molecular complexity index is 863. The second-order valence-corrected chi connectivity index (χ2v) is 7.59. The van der Waals surface area contributed by atoms with E-state index < -0.39 is 11.7 Å². The van der Waals surface area contributed by atoms with Gasteiger partial charge in [-0.25, -0.2) is 0 Å². The van der Waals surface area contributed by atoms with Crippen LogP contribution in [0.15, 0.2) is 30.5 Å². The average Bonchev–Trinajstić information content (AvgIpc) is 2.87. The van der Waals surface area contributed by atoms with Gasteiger partial charge >= 0.3 is 0 Å². The van der Waals surface area contributed by atoms with Crippen LogP contribution in [-0.4, -0.2) is 46.2 Å². The minimum atomic E-state index is -0.601. The van der Waals surface area contributed by atoms with Crippen molar-refractivity contribution >= 4 is 28.5 Å². The summed E-state index contributed by atoms with van der Waals surface area (Å²) in [4.78, 5) is 39.8. The van der Waals surface area contributed by atoms with Gasteiger partial charge in [-0.1, -0.05) is 38.0 Å². The maximum Gasteiger partial charge on any atom is 0.292 e. The maximum atomic E-state index is 12.8. The zero-order chi connectivity index (χ0) is 20.1. The van der Waals surface area contributed by atoms with Gasteiger partial charge in [-0.3, -0.25) is 14.4 Å². The lowest BCUT2D eigenvalue weighted by Gasteiger charge is -2.20. The van der Waals surface area contributed by atoms with Crippen molar-refractivity contribution in [2.24, 2.45) is 0 Å². The van der Waals surface area contributed by atoms with Crippen molar-refractivity contribution in [1.29, 1.82) is 0 Å². The molecule has 0 aliphatic carbocycles. The van der Waals surface area contributed by atoms with Gasteiger partial charge in [0, 0.05) is 36.2 Å². The standard InChI is InChI=1S/C22H29N3O3/c1-3-16(2)23-22(28)21(27)18-14-25(19-11-7-6-10-17(18)19)15-20(26)24-12-8-4-5-9-13-24/h6-7,10-11,14,16H,3-5,8-9,12-13,15H2,1-2H3,(H,23,28). The highest BCUT2D eigenvalue weighted by atomic mass is 16.2. The van der Waals surface area contributed by atoms with E-state index in [1.807, 2.05) is 43.0 Å². The number of benzene rings is 1. The summed E-state index contributed by atoms with van der Waals surface area (Å²) in [6.07, 6.45) is 6.82. The lowest BCUT2D eigenvalue weighted by atomic mass is 10.1. The molecule has 2 aromatic rings. The number of ketones is 1. The molecule has 1 N–H and O–H groups in total. The van der Waals surface area contributed by atoms with E-state index >= 15 is 0 Å². The number of likely N-dealkylation sites (tertiary alicyclic amines) is 1. The molecule has 1 unspecified atom stereocenters. The number of amides is 2. The summed E-state index contributed by atoms with van der Waals surface area (Å²) in [6.45, 7) is 5.59. The number of fused-ring (bicyclic) bond motifs is 1. The van der Waals surface area contributed by atoms with Crippen molar-refractivity contribution in [3.63, 3.8) is 0 Å². The lowest BCUT2D eigenvalue weighted by molar-refractivity contribution is -0.131. The molecule has 28 heavy (non-hydrogen) atoms.